The van der Waals surface area contributed by atoms with E-state index in [2.05, 4.69) is 10.3 Å². The number of aryl methyl sites for hydroxylation is 1. The first-order valence-electron chi connectivity index (χ1n) is 8.70. The van der Waals surface area contributed by atoms with Crippen molar-refractivity contribution in [2.24, 2.45) is 5.92 Å². The summed E-state index contributed by atoms with van der Waals surface area (Å²) in [5, 5.41) is 12.7. The van der Waals surface area contributed by atoms with Crippen LogP contribution in [0.25, 0.3) is 0 Å². The molecule has 2 heterocycles. The number of nitrogens with zero attached hydrogens (tertiary/aromatic N) is 2. The number of carbonyl (C=O) groups is 1. The SMILES string of the molecule is CCn1ccc(C(=O)N[C@H](c2cncc(OC)c2)C2CC(O)C2)cc1=O. The van der Waals surface area contributed by atoms with Crippen molar-refractivity contribution in [1.82, 2.24) is 14.9 Å². The second-order valence-corrected chi connectivity index (χ2v) is 6.53. The average molecular weight is 357 g/mol. The van der Waals surface area contributed by atoms with Crippen LogP contribution in [0.5, 0.6) is 5.75 Å². The predicted molar refractivity (Wildman–Crippen MR) is 96.1 cm³/mol. The van der Waals surface area contributed by atoms with Crippen LogP contribution >= 0.6 is 0 Å². The molecular formula is C19H23N3O4. The van der Waals surface area contributed by atoms with Gasteiger partial charge < -0.3 is 19.7 Å². The number of aliphatic hydroxyl groups is 1. The van der Waals surface area contributed by atoms with Crippen LogP contribution in [-0.2, 0) is 6.54 Å². The number of hydrogen-bond donors (Lipinski definition) is 2. The van der Waals surface area contributed by atoms with E-state index in [-0.39, 0.29) is 29.5 Å². The summed E-state index contributed by atoms with van der Waals surface area (Å²) < 4.78 is 6.75. The van der Waals surface area contributed by atoms with E-state index in [4.69, 9.17) is 4.74 Å². The lowest BCUT2D eigenvalue weighted by Crippen LogP contribution is -2.41. The molecule has 2 aromatic rings. The van der Waals surface area contributed by atoms with Gasteiger partial charge in [0, 0.05) is 30.6 Å². The Morgan fingerprint density at radius 1 is 1.42 bits per heavy atom. The number of amides is 1. The van der Waals surface area contributed by atoms with E-state index in [1.54, 1.807) is 31.8 Å². The van der Waals surface area contributed by atoms with Crippen LogP contribution < -0.4 is 15.6 Å². The fourth-order valence-electron chi connectivity index (χ4n) is 3.23. The van der Waals surface area contributed by atoms with Gasteiger partial charge in [0.1, 0.15) is 5.75 Å². The van der Waals surface area contributed by atoms with Gasteiger partial charge >= 0.3 is 0 Å². The molecule has 3 rings (SSSR count). The zero-order valence-corrected chi connectivity index (χ0v) is 14.9. The van der Waals surface area contributed by atoms with Crippen molar-refractivity contribution >= 4 is 5.91 Å². The summed E-state index contributed by atoms with van der Waals surface area (Å²) in [5.41, 5.74) is 0.927. The highest BCUT2D eigenvalue weighted by molar-refractivity contribution is 5.94. The van der Waals surface area contributed by atoms with Crippen LogP contribution in [0.4, 0.5) is 0 Å². The summed E-state index contributed by atoms with van der Waals surface area (Å²) in [6, 6.07) is 4.51. The summed E-state index contributed by atoms with van der Waals surface area (Å²) in [4.78, 5) is 28.8. The summed E-state index contributed by atoms with van der Waals surface area (Å²) in [5.74, 6) is 0.394. The molecule has 0 aromatic carbocycles. The maximum Gasteiger partial charge on any atom is 0.252 e. The van der Waals surface area contributed by atoms with E-state index in [9.17, 15) is 14.7 Å². The third-order valence-electron chi connectivity index (χ3n) is 4.84. The molecule has 2 N–H and O–H groups in total. The molecule has 0 saturated heterocycles. The predicted octanol–water partition coefficient (Wildman–Crippen LogP) is 1.51. The summed E-state index contributed by atoms with van der Waals surface area (Å²) in [6.07, 6.45) is 5.79. The second kappa shape index (κ2) is 7.70. The average Bonchev–Trinajstić information content (AvgIpc) is 2.63. The highest BCUT2D eigenvalue weighted by Crippen LogP contribution is 2.38. The minimum absolute atomic E-state index is 0.110. The molecule has 0 aliphatic heterocycles. The molecule has 7 heteroatoms. The van der Waals surface area contributed by atoms with Crippen LogP contribution in [0.15, 0.2) is 41.6 Å². The third kappa shape index (κ3) is 3.77. The quantitative estimate of drug-likeness (QED) is 0.817. The zero-order valence-electron chi connectivity index (χ0n) is 14.9. The Morgan fingerprint density at radius 2 is 2.19 bits per heavy atom. The smallest absolute Gasteiger partial charge is 0.252 e. The zero-order chi connectivity index (χ0) is 18.7. The van der Waals surface area contributed by atoms with E-state index in [0.717, 1.165) is 5.56 Å². The van der Waals surface area contributed by atoms with Gasteiger partial charge in [-0.1, -0.05) is 0 Å². The molecule has 1 aliphatic rings. The minimum atomic E-state index is -0.341. The Bertz CT molecular complexity index is 843. The maximum absolute atomic E-state index is 12.7. The Labute approximate surface area is 151 Å². The van der Waals surface area contributed by atoms with Crippen molar-refractivity contribution in [2.45, 2.75) is 38.5 Å². The van der Waals surface area contributed by atoms with Crippen molar-refractivity contribution in [3.63, 3.8) is 0 Å². The molecule has 1 fully saturated rings. The number of nitrogens with one attached hydrogen (secondary N) is 1. The van der Waals surface area contributed by atoms with Gasteiger partial charge in [-0.25, -0.2) is 0 Å². The highest BCUT2D eigenvalue weighted by Gasteiger charge is 2.36. The molecule has 1 atom stereocenters. The lowest BCUT2D eigenvalue weighted by atomic mass is 9.75. The van der Waals surface area contributed by atoms with Gasteiger partial charge in [0.05, 0.1) is 25.5 Å². The Kier molecular flexibility index (Phi) is 5.37. The first-order valence-corrected chi connectivity index (χ1v) is 8.70. The van der Waals surface area contributed by atoms with E-state index in [1.165, 1.54) is 10.6 Å². The number of hydrogen-bond acceptors (Lipinski definition) is 5. The van der Waals surface area contributed by atoms with Gasteiger partial charge in [-0.3, -0.25) is 14.6 Å². The number of aliphatic hydroxyl groups excluding tert-OH is 1. The standard InChI is InChI=1S/C19H23N3O4/c1-3-22-5-4-12(9-17(22)24)19(25)21-18(13-6-15(23)7-13)14-8-16(26-2)11-20-10-14/h4-5,8-11,13,15,18,23H,3,6-7H2,1-2H3,(H,21,25)/t13?,15?,18-/m0/s1. The van der Waals surface area contributed by atoms with Gasteiger partial charge in [-0.2, -0.15) is 0 Å². The van der Waals surface area contributed by atoms with Crippen LogP contribution in [0, 0.1) is 5.92 Å². The topological polar surface area (TPSA) is 93.5 Å². The molecule has 1 amide bonds. The van der Waals surface area contributed by atoms with Crippen molar-refractivity contribution in [2.75, 3.05) is 7.11 Å². The van der Waals surface area contributed by atoms with Crippen molar-refractivity contribution in [3.05, 3.63) is 58.3 Å². The van der Waals surface area contributed by atoms with E-state index in [1.807, 2.05) is 13.0 Å². The van der Waals surface area contributed by atoms with Crippen LogP contribution in [0.1, 0.15) is 41.7 Å². The lowest BCUT2D eigenvalue weighted by molar-refractivity contribution is 0.0234. The van der Waals surface area contributed by atoms with Gasteiger partial charge in [0.25, 0.3) is 11.5 Å². The minimum Gasteiger partial charge on any atom is -0.495 e. The second-order valence-electron chi connectivity index (χ2n) is 6.53. The Morgan fingerprint density at radius 3 is 2.81 bits per heavy atom. The normalized spacial score (nSPS) is 20.1. The Hall–Kier alpha value is -2.67. The lowest BCUT2D eigenvalue weighted by Gasteiger charge is -2.38. The number of methoxy groups -OCH3 is 1. The van der Waals surface area contributed by atoms with Gasteiger partial charge in [0.15, 0.2) is 0 Å². The summed E-state index contributed by atoms with van der Waals surface area (Å²) in [6.45, 7) is 2.42. The monoisotopic (exact) mass is 357 g/mol. The summed E-state index contributed by atoms with van der Waals surface area (Å²) in [7, 11) is 1.56. The van der Waals surface area contributed by atoms with Gasteiger partial charge in [0.2, 0.25) is 0 Å². The van der Waals surface area contributed by atoms with E-state index in [0.29, 0.717) is 30.7 Å². The van der Waals surface area contributed by atoms with Crippen LogP contribution in [0.3, 0.4) is 0 Å². The number of aromatic nitrogens is 2. The molecule has 0 unspecified atom stereocenters. The number of pyridine rings is 2. The largest absolute Gasteiger partial charge is 0.495 e. The van der Waals surface area contributed by atoms with Crippen LogP contribution in [0.2, 0.25) is 0 Å². The fraction of sp³-hybridized carbons (Fsp3) is 0.421. The molecule has 1 aliphatic carbocycles. The van der Waals surface area contributed by atoms with Crippen LogP contribution in [-0.4, -0.2) is 33.8 Å². The molecule has 0 spiro atoms. The van der Waals surface area contributed by atoms with E-state index < -0.39 is 0 Å². The molecule has 138 valence electrons. The molecule has 1 saturated carbocycles. The Balaban J connectivity index is 1.84. The van der Waals surface area contributed by atoms with Gasteiger partial charge in [-0.15, -0.1) is 0 Å². The van der Waals surface area contributed by atoms with Crippen molar-refractivity contribution in [1.29, 1.82) is 0 Å². The molecule has 0 bridgehead atoms. The first-order chi connectivity index (χ1) is 12.5. The van der Waals surface area contributed by atoms with Crippen molar-refractivity contribution < 1.29 is 14.6 Å². The highest BCUT2D eigenvalue weighted by atomic mass is 16.5. The van der Waals surface area contributed by atoms with Crippen molar-refractivity contribution in [3.8, 4) is 5.75 Å². The fourth-order valence-corrected chi connectivity index (χ4v) is 3.23. The third-order valence-corrected chi connectivity index (χ3v) is 4.84. The summed E-state index contributed by atoms with van der Waals surface area (Å²) >= 11 is 0. The molecule has 26 heavy (non-hydrogen) atoms. The number of ether oxygens (including phenoxy) is 1. The van der Waals surface area contributed by atoms with Gasteiger partial charge in [-0.05, 0) is 43.4 Å². The maximum atomic E-state index is 12.7. The number of carbonyl (C=O) groups excluding carboxylic acids is 1. The number of rotatable bonds is 6. The molecule has 2 aromatic heterocycles. The van der Waals surface area contributed by atoms with E-state index >= 15 is 0 Å². The molecular weight excluding hydrogens is 334 g/mol. The molecule has 7 nitrogen and oxygen atoms in total. The first kappa shape index (κ1) is 18.1. The molecule has 0 radical (unpaired) electrons.